The van der Waals surface area contributed by atoms with Gasteiger partial charge in [-0.25, -0.2) is 0 Å². The molecule has 0 N–H and O–H groups in total. The molecule has 2 aromatic rings. The smallest absolute Gasteiger partial charge is 0.433 e. The summed E-state index contributed by atoms with van der Waals surface area (Å²) in [6.45, 7) is 8.70. The van der Waals surface area contributed by atoms with Crippen molar-refractivity contribution >= 4 is 17.5 Å². The predicted molar refractivity (Wildman–Crippen MR) is 125 cm³/mol. The van der Waals surface area contributed by atoms with Gasteiger partial charge in [0.15, 0.2) is 5.76 Å². The molecule has 0 saturated carbocycles. The Kier molecular flexibility index (Phi) is 11.8. The van der Waals surface area contributed by atoms with Gasteiger partial charge in [0, 0.05) is 5.02 Å². The molecule has 180 valence electrons. The predicted octanol–water partition coefficient (Wildman–Crippen LogP) is 3.88. The van der Waals surface area contributed by atoms with E-state index in [-0.39, 0.29) is 22.9 Å². The van der Waals surface area contributed by atoms with Gasteiger partial charge < -0.3 is 30.6 Å². The van der Waals surface area contributed by atoms with Crippen molar-refractivity contribution in [2.24, 2.45) is 0 Å². The van der Waals surface area contributed by atoms with Gasteiger partial charge in [0.05, 0.1) is 33.3 Å². The Labute approximate surface area is 207 Å². The first-order valence-corrected chi connectivity index (χ1v) is 11.4. The van der Waals surface area contributed by atoms with Crippen molar-refractivity contribution in [1.82, 2.24) is 0 Å². The first-order valence-electron chi connectivity index (χ1n) is 11.1. The number of halogens is 2. The van der Waals surface area contributed by atoms with E-state index in [0.29, 0.717) is 18.2 Å². The molecule has 0 unspecified atom stereocenters. The van der Waals surface area contributed by atoms with Crippen molar-refractivity contribution in [1.29, 1.82) is 0 Å². The summed E-state index contributed by atoms with van der Waals surface area (Å²) in [5.41, 5.74) is 2.21. The lowest BCUT2D eigenvalue weighted by Gasteiger charge is -2.28. The fraction of sp³-hybridized carbons (Fsp3) is 0.583. The number of rotatable bonds is 13. The second-order valence-corrected chi connectivity index (χ2v) is 9.63. The SMILES string of the molecule is Cc1cc(OCCCCCCC[N+](C)(C)Cc2ccc([N+](=O)[O-])o2)c(C(C)C)cc1Cl.[Br-]. The van der Waals surface area contributed by atoms with Crippen LogP contribution in [0.4, 0.5) is 5.88 Å². The van der Waals surface area contributed by atoms with Crippen LogP contribution in [0.5, 0.6) is 5.75 Å². The molecule has 0 spiro atoms. The fourth-order valence-electron chi connectivity index (χ4n) is 3.65. The van der Waals surface area contributed by atoms with Crippen molar-refractivity contribution in [2.75, 3.05) is 27.2 Å². The number of benzene rings is 1. The van der Waals surface area contributed by atoms with E-state index in [1.165, 1.54) is 12.5 Å². The Morgan fingerprint density at radius 1 is 1.12 bits per heavy atom. The average Bonchev–Trinajstić information content (AvgIpc) is 3.14. The summed E-state index contributed by atoms with van der Waals surface area (Å²) in [6.07, 6.45) is 5.63. The molecule has 0 bridgehead atoms. The normalized spacial score (nSPS) is 11.5. The molecule has 0 fully saturated rings. The van der Waals surface area contributed by atoms with Crippen molar-refractivity contribution in [3.63, 3.8) is 0 Å². The molecule has 2 rings (SSSR count). The average molecular weight is 532 g/mol. The summed E-state index contributed by atoms with van der Waals surface area (Å²) in [6, 6.07) is 7.20. The second kappa shape index (κ2) is 13.2. The zero-order valence-electron chi connectivity index (χ0n) is 19.8. The Balaban J connectivity index is 0.00000512. The van der Waals surface area contributed by atoms with E-state index in [1.807, 2.05) is 19.1 Å². The molecule has 0 amide bonds. The molecule has 1 aromatic heterocycles. The topological polar surface area (TPSA) is 65.5 Å². The molecule has 0 saturated heterocycles. The molecule has 1 heterocycles. The number of quaternary nitrogens is 1. The third kappa shape index (κ3) is 9.12. The van der Waals surface area contributed by atoms with Crippen LogP contribution < -0.4 is 21.7 Å². The van der Waals surface area contributed by atoms with Crippen LogP contribution in [-0.4, -0.2) is 36.7 Å². The van der Waals surface area contributed by atoms with E-state index < -0.39 is 4.92 Å². The van der Waals surface area contributed by atoms with E-state index in [2.05, 4.69) is 27.9 Å². The zero-order valence-corrected chi connectivity index (χ0v) is 22.2. The number of ether oxygens (including phenoxy) is 1. The molecule has 0 aliphatic rings. The molecule has 32 heavy (non-hydrogen) atoms. The number of nitro groups is 1. The first kappa shape index (κ1) is 28.5. The molecule has 0 aliphatic heterocycles. The maximum Gasteiger partial charge on any atom is 0.433 e. The largest absolute Gasteiger partial charge is 1.00 e. The van der Waals surface area contributed by atoms with Crippen LogP contribution >= 0.6 is 11.6 Å². The Morgan fingerprint density at radius 3 is 2.41 bits per heavy atom. The van der Waals surface area contributed by atoms with E-state index in [0.717, 1.165) is 65.2 Å². The summed E-state index contributed by atoms with van der Waals surface area (Å²) >= 11 is 6.26. The zero-order chi connectivity index (χ0) is 23.0. The van der Waals surface area contributed by atoms with Crippen LogP contribution in [0.15, 0.2) is 28.7 Å². The van der Waals surface area contributed by atoms with Gasteiger partial charge in [0.1, 0.15) is 17.2 Å². The number of hydrogen-bond donors (Lipinski definition) is 0. The molecular weight excluding hydrogens is 496 g/mol. The standard InChI is InChI=1S/C24H36ClN2O4.BrH/c1-18(2)21-16-22(25)19(3)15-23(21)30-14-10-8-6-7-9-13-27(4,5)17-20-11-12-24(31-20)26(28)29;/h11-12,15-16,18H,6-10,13-14,17H2,1-5H3;1H/q+1;/p-1. The molecule has 8 heteroatoms. The van der Waals surface area contributed by atoms with Gasteiger partial charge in [-0.1, -0.05) is 38.3 Å². The van der Waals surface area contributed by atoms with E-state index in [1.54, 1.807) is 6.07 Å². The van der Waals surface area contributed by atoms with Crippen LogP contribution in [0, 0.1) is 17.0 Å². The van der Waals surface area contributed by atoms with E-state index >= 15 is 0 Å². The highest BCUT2D eigenvalue weighted by atomic mass is 79.9. The fourth-order valence-corrected chi connectivity index (χ4v) is 3.82. The number of nitrogens with zero attached hydrogens (tertiary/aromatic N) is 2. The van der Waals surface area contributed by atoms with Crippen molar-refractivity contribution in [2.45, 2.75) is 65.3 Å². The minimum absolute atomic E-state index is 0. The van der Waals surface area contributed by atoms with Gasteiger partial charge in [-0.2, -0.15) is 0 Å². The highest BCUT2D eigenvalue weighted by Gasteiger charge is 2.20. The molecule has 0 radical (unpaired) electrons. The second-order valence-electron chi connectivity index (χ2n) is 9.22. The lowest BCUT2D eigenvalue weighted by Crippen LogP contribution is -3.00. The van der Waals surface area contributed by atoms with Crippen LogP contribution in [-0.2, 0) is 6.54 Å². The minimum Gasteiger partial charge on any atom is -1.00 e. The Morgan fingerprint density at radius 2 is 1.78 bits per heavy atom. The van der Waals surface area contributed by atoms with Crippen LogP contribution in [0.2, 0.25) is 5.02 Å². The minimum atomic E-state index is -0.495. The van der Waals surface area contributed by atoms with Gasteiger partial charge in [-0.3, -0.25) is 10.1 Å². The summed E-state index contributed by atoms with van der Waals surface area (Å²) in [4.78, 5) is 10.3. The molecule has 6 nitrogen and oxygen atoms in total. The summed E-state index contributed by atoms with van der Waals surface area (Å²) in [7, 11) is 4.26. The van der Waals surface area contributed by atoms with Gasteiger partial charge >= 0.3 is 5.88 Å². The van der Waals surface area contributed by atoms with Crippen molar-refractivity contribution < 1.29 is 35.5 Å². The van der Waals surface area contributed by atoms with Gasteiger partial charge in [0.25, 0.3) is 0 Å². The monoisotopic (exact) mass is 530 g/mol. The van der Waals surface area contributed by atoms with Gasteiger partial charge in [-0.05, 0) is 61.4 Å². The third-order valence-corrected chi connectivity index (χ3v) is 5.90. The lowest BCUT2D eigenvalue weighted by molar-refractivity contribution is -0.904. The first-order chi connectivity index (χ1) is 14.6. The summed E-state index contributed by atoms with van der Waals surface area (Å²) < 4.78 is 12.1. The Bertz CT molecular complexity index is 868. The highest BCUT2D eigenvalue weighted by molar-refractivity contribution is 6.31. The van der Waals surface area contributed by atoms with Gasteiger partial charge in [-0.15, -0.1) is 0 Å². The molecule has 0 atom stereocenters. The third-order valence-electron chi connectivity index (χ3n) is 5.49. The van der Waals surface area contributed by atoms with Crippen LogP contribution in [0.25, 0.3) is 0 Å². The summed E-state index contributed by atoms with van der Waals surface area (Å²) in [5, 5.41) is 11.5. The summed E-state index contributed by atoms with van der Waals surface area (Å²) in [5.74, 6) is 1.80. The van der Waals surface area contributed by atoms with Gasteiger partial charge in [0.2, 0.25) is 0 Å². The number of unbranched alkanes of at least 4 members (excludes halogenated alkanes) is 4. The maximum atomic E-state index is 10.7. The van der Waals surface area contributed by atoms with Crippen LogP contribution in [0.3, 0.4) is 0 Å². The highest BCUT2D eigenvalue weighted by Crippen LogP contribution is 2.32. The Hall–Kier alpha value is -1.57. The van der Waals surface area contributed by atoms with E-state index in [4.69, 9.17) is 20.8 Å². The molecule has 1 aromatic carbocycles. The number of aryl methyl sites for hydroxylation is 1. The lowest BCUT2D eigenvalue weighted by atomic mass is 10.0. The molecule has 0 aliphatic carbocycles. The quantitative estimate of drug-likeness (QED) is 0.170. The van der Waals surface area contributed by atoms with E-state index in [9.17, 15) is 10.1 Å². The van der Waals surface area contributed by atoms with Crippen LogP contribution in [0.1, 0.15) is 68.8 Å². The van der Waals surface area contributed by atoms with Crippen molar-refractivity contribution in [3.8, 4) is 5.75 Å². The number of furan rings is 1. The van der Waals surface area contributed by atoms with Crippen molar-refractivity contribution in [3.05, 3.63) is 56.3 Å². The number of hydrogen-bond acceptors (Lipinski definition) is 4. The molecular formula is C24H36BrClN2O4. The maximum absolute atomic E-state index is 10.7.